The first kappa shape index (κ1) is 11.9. The summed E-state index contributed by atoms with van der Waals surface area (Å²) in [6.45, 7) is 0. The standard InChI is InChI=1S/C11H14N4O4/c16-11(17)14-7-1-2-8(14)4-9(3-7)13-6-10(5-12-13)15(18)19/h5-9H,1-4H2,(H,16,17)/t7-,8?,9-/m0/s1. The molecular formula is C11H14N4O4. The summed E-state index contributed by atoms with van der Waals surface area (Å²) in [6, 6.07) is 0.0933. The molecule has 2 aliphatic heterocycles. The summed E-state index contributed by atoms with van der Waals surface area (Å²) in [4.78, 5) is 22.9. The van der Waals surface area contributed by atoms with Crippen molar-refractivity contribution < 1.29 is 14.8 Å². The molecule has 8 heteroatoms. The number of carbonyl (C=O) groups is 1. The van der Waals surface area contributed by atoms with E-state index in [0.717, 1.165) is 12.8 Å². The molecule has 3 heterocycles. The van der Waals surface area contributed by atoms with Crippen molar-refractivity contribution in [2.75, 3.05) is 0 Å². The molecule has 2 fully saturated rings. The largest absolute Gasteiger partial charge is 0.465 e. The summed E-state index contributed by atoms with van der Waals surface area (Å²) in [7, 11) is 0. The minimum absolute atomic E-state index is 0.0181. The third-order valence-corrected chi connectivity index (χ3v) is 4.10. The Bertz CT molecular complexity index is 515. The first-order valence-corrected chi connectivity index (χ1v) is 6.26. The van der Waals surface area contributed by atoms with Crippen LogP contribution in [0, 0.1) is 10.1 Å². The zero-order valence-corrected chi connectivity index (χ0v) is 10.2. The van der Waals surface area contributed by atoms with E-state index in [1.807, 2.05) is 0 Å². The lowest BCUT2D eigenvalue weighted by Gasteiger charge is -2.36. The number of nitrogens with zero attached hydrogens (tertiary/aromatic N) is 4. The van der Waals surface area contributed by atoms with E-state index >= 15 is 0 Å². The Hall–Kier alpha value is -2.12. The van der Waals surface area contributed by atoms with Crippen molar-refractivity contribution in [1.29, 1.82) is 0 Å². The van der Waals surface area contributed by atoms with Gasteiger partial charge in [0.05, 0.1) is 11.0 Å². The van der Waals surface area contributed by atoms with Crippen LogP contribution in [0.15, 0.2) is 12.4 Å². The second kappa shape index (κ2) is 4.22. The maximum Gasteiger partial charge on any atom is 0.407 e. The van der Waals surface area contributed by atoms with Crippen LogP contribution in [0.2, 0.25) is 0 Å². The monoisotopic (exact) mass is 266 g/mol. The number of nitro groups is 1. The topological polar surface area (TPSA) is 102 Å². The lowest BCUT2D eigenvalue weighted by atomic mass is 9.98. The van der Waals surface area contributed by atoms with Gasteiger partial charge in [0.2, 0.25) is 0 Å². The molecule has 2 aliphatic rings. The van der Waals surface area contributed by atoms with E-state index in [1.54, 1.807) is 4.68 Å². The van der Waals surface area contributed by atoms with E-state index in [2.05, 4.69) is 5.10 Å². The van der Waals surface area contributed by atoms with E-state index < -0.39 is 11.0 Å². The molecule has 3 rings (SSSR count). The average molecular weight is 266 g/mol. The SMILES string of the molecule is O=C(O)N1C2CC[C@H]1C[C@H](n1cc([N+](=O)[O-])cn1)C2. The molecule has 0 saturated carbocycles. The molecule has 0 aromatic carbocycles. The molecule has 2 bridgehead atoms. The summed E-state index contributed by atoms with van der Waals surface area (Å²) < 4.78 is 1.61. The first-order chi connectivity index (χ1) is 9.06. The number of hydrogen-bond donors (Lipinski definition) is 1. The van der Waals surface area contributed by atoms with Crippen molar-refractivity contribution in [1.82, 2.24) is 14.7 Å². The Morgan fingerprint density at radius 3 is 2.47 bits per heavy atom. The molecular weight excluding hydrogens is 252 g/mol. The first-order valence-electron chi connectivity index (χ1n) is 6.26. The minimum Gasteiger partial charge on any atom is -0.465 e. The lowest BCUT2D eigenvalue weighted by molar-refractivity contribution is -0.385. The molecule has 1 N–H and O–H groups in total. The maximum absolute atomic E-state index is 11.2. The Morgan fingerprint density at radius 2 is 2.00 bits per heavy atom. The molecule has 1 unspecified atom stereocenters. The van der Waals surface area contributed by atoms with Gasteiger partial charge in [0.15, 0.2) is 0 Å². The highest BCUT2D eigenvalue weighted by Gasteiger charge is 2.44. The number of rotatable bonds is 2. The molecule has 102 valence electrons. The molecule has 19 heavy (non-hydrogen) atoms. The normalized spacial score (nSPS) is 29.5. The molecule has 8 nitrogen and oxygen atoms in total. The number of fused-ring (bicyclic) bond motifs is 2. The summed E-state index contributed by atoms with van der Waals surface area (Å²) in [6.07, 6.45) is 4.92. The van der Waals surface area contributed by atoms with Crippen molar-refractivity contribution >= 4 is 11.8 Å². The van der Waals surface area contributed by atoms with E-state index in [0.29, 0.717) is 12.8 Å². The van der Waals surface area contributed by atoms with Crippen LogP contribution in [0.3, 0.4) is 0 Å². The Morgan fingerprint density at radius 1 is 1.37 bits per heavy atom. The second-order valence-electron chi connectivity index (χ2n) is 5.14. The van der Waals surface area contributed by atoms with Crippen LogP contribution >= 0.6 is 0 Å². The van der Waals surface area contributed by atoms with Gasteiger partial charge < -0.3 is 10.0 Å². The van der Waals surface area contributed by atoms with Crippen molar-refractivity contribution in [3.8, 4) is 0 Å². The van der Waals surface area contributed by atoms with E-state index in [9.17, 15) is 14.9 Å². The third-order valence-electron chi connectivity index (χ3n) is 4.10. The summed E-state index contributed by atoms with van der Waals surface area (Å²) in [5, 5.41) is 23.8. The lowest BCUT2D eigenvalue weighted by Crippen LogP contribution is -2.46. The quantitative estimate of drug-likeness (QED) is 0.647. The van der Waals surface area contributed by atoms with E-state index in [4.69, 9.17) is 5.11 Å². The highest BCUT2D eigenvalue weighted by molar-refractivity contribution is 5.66. The fraction of sp³-hybridized carbons (Fsp3) is 0.636. The van der Waals surface area contributed by atoms with E-state index in [1.165, 1.54) is 17.3 Å². The molecule has 1 amide bonds. The Labute approximate surface area is 108 Å². The molecule has 0 radical (unpaired) electrons. The van der Waals surface area contributed by atoms with Gasteiger partial charge in [-0.15, -0.1) is 0 Å². The third kappa shape index (κ3) is 1.92. The maximum atomic E-state index is 11.2. The minimum atomic E-state index is -0.864. The van der Waals surface area contributed by atoms with Crippen LogP contribution in [-0.4, -0.2) is 42.9 Å². The molecule has 3 atom stereocenters. The van der Waals surface area contributed by atoms with Crippen LogP contribution in [0.25, 0.3) is 0 Å². The van der Waals surface area contributed by atoms with Gasteiger partial charge in [-0.05, 0) is 25.7 Å². The smallest absolute Gasteiger partial charge is 0.407 e. The van der Waals surface area contributed by atoms with Crippen molar-refractivity contribution in [2.24, 2.45) is 0 Å². The van der Waals surface area contributed by atoms with Gasteiger partial charge >= 0.3 is 11.8 Å². The summed E-state index contributed by atoms with van der Waals surface area (Å²) in [5.41, 5.74) is -0.0204. The van der Waals surface area contributed by atoms with Crippen LogP contribution < -0.4 is 0 Å². The number of aromatic nitrogens is 2. The number of hydrogen-bond acceptors (Lipinski definition) is 4. The second-order valence-corrected chi connectivity index (χ2v) is 5.14. The van der Waals surface area contributed by atoms with Crippen molar-refractivity contribution in [3.05, 3.63) is 22.5 Å². The highest BCUT2D eigenvalue weighted by atomic mass is 16.6. The predicted octanol–water partition coefficient (Wildman–Crippen LogP) is 1.64. The molecule has 0 aliphatic carbocycles. The number of amides is 1. The molecule has 0 spiro atoms. The fourth-order valence-corrected chi connectivity index (χ4v) is 3.30. The van der Waals surface area contributed by atoms with Gasteiger partial charge in [0.25, 0.3) is 0 Å². The van der Waals surface area contributed by atoms with Crippen molar-refractivity contribution in [3.63, 3.8) is 0 Å². The van der Waals surface area contributed by atoms with Gasteiger partial charge in [-0.25, -0.2) is 4.79 Å². The zero-order valence-electron chi connectivity index (χ0n) is 10.2. The summed E-state index contributed by atoms with van der Waals surface area (Å²) >= 11 is 0. The number of carboxylic acid groups (broad SMARTS) is 1. The fourth-order valence-electron chi connectivity index (χ4n) is 3.30. The Balaban J connectivity index is 1.78. The highest BCUT2D eigenvalue weighted by Crippen LogP contribution is 2.40. The van der Waals surface area contributed by atoms with Crippen LogP contribution in [-0.2, 0) is 0 Å². The molecule has 1 aromatic heterocycles. The van der Waals surface area contributed by atoms with Gasteiger partial charge in [0.1, 0.15) is 12.4 Å². The number of piperidine rings is 1. The molecule has 1 aromatic rings. The van der Waals surface area contributed by atoms with Crippen LogP contribution in [0.5, 0.6) is 0 Å². The molecule has 2 saturated heterocycles. The van der Waals surface area contributed by atoms with Gasteiger partial charge in [-0.3, -0.25) is 14.8 Å². The van der Waals surface area contributed by atoms with Crippen LogP contribution in [0.1, 0.15) is 31.7 Å². The van der Waals surface area contributed by atoms with Crippen LogP contribution in [0.4, 0.5) is 10.5 Å². The van der Waals surface area contributed by atoms with Gasteiger partial charge in [-0.1, -0.05) is 0 Å². The van der Waals surface area contributed by atoms with Crippen molar-refractivity contribution in [2.45, 2.75) is 43.8 Å². The summed E-state index contributed by atoms with van der Waals surface area (Å²) in [5.74, 6) is 0. The van der Waals surface area contributed by atoms with E-state index in [-0.39, 0.29) is 23.8 Å². The Kier molecular flexibility index (Phi) is 2.65. The van der Waals surface area contributed by atoms with Gasteiger partial charge in [-0.2, -0.15) is 5.10 Å². The average Bonchev–Trinajstić information content (AvgIpc) is 2.93. The zero-order chi connectivity index (χ0) is 13.6. The van der Waals surface area contributed by atoms with Gasteiger partial charge in [0, 0.05) is 12.1 Å². The predicted molar refractivity (Wildman–Crippen MR) is 63.8 cm³/mol.